The average molecular weight is 323 g/mol. The lowest BCUT2D eigenvalue weighted by Crippen LogP contribution is -2.32. The molecule has 2 fully saturated rings. The van der Waals surface area contributed by atoms with Crippen LogP contribution in [-0.2, 0) is 9.53 Å². The summed E-state index contributed by atoms with van der Waals surface area (Å²) < 4.78 is 5.50. The molecule has 3 rings (SSSR count). The zero-order chi connectivity index (χ0) is 15.4. The van der Waals surface area contributed by atoms with Gasteiger partial charge in [0.15, 0.2) is 0 Å². The number of carbonyl (C=O) groups is 1. The van der Waals surface area contributed by atoms with Gasteiger partial charge in [-0.25, -0.2) is 0 Å². The molecule has 0 saturated carbocycles. The molecule has 2 saturated heterocycles. The molecule has 4 nitrogen and oxygen atoms in total. The van der Waals surface area contributed by atoms with Gasteiger partial charge in [-0.15, -0.1) is 0 Å². The summed E-state index contributed by atoms with van der Waals surface area (Å²) in [5.74, 6) is 0.640. The molecule has 5 heteroatoms. The van der Waals surface area contributed by atoms with Crippen molar-refractivity contribution in [1.82, 2.24) is 5.32 Å². The first-order chi connectivity index (χ1) is 10.7. The molecule has 1 N–H and O–H groups in total. The van der Waals surface area contributed by atoms with Gasteiger partial charge in [0.25, 0.3) is 0 Å². The van der Waals surface area contributed by atoms with E-state index in [1.165, 1.54) is 5.69 Å². The lowest BCUT2D eigenvalue weighted by Gasteiger charge is -2.19. The summed E-state index contributed by atoms with van der Waals surface area (Å²) in [5, 5.41) is 3.83. The van der Waals surface area contributed by atoms with Crippen molar-refractivity contribution in [2.45, 2.75) is 31.8 Å². The summed E-state index contributed by atoms with van der Waals surface area (Å²) in [6, 6.07) is 7.96. The van der Waals surface area contributed by atoms with Crippen molar-refractivity contribution in [3.05, 3.63) is 29.3 Å². The van der Waals surface area contributed by atoms with E-state index in [0.29, 0.717) is 12.3 Å². The molecule has 0 bridgehead atoms. The smallest absolute Gasteiger partial charge is 0.222 e. The van der Waals surface area contributed by atoms with Crippen LogP contribution in [0.1, 0.15) is 25.7 Å². The number of benzene rings is 1. The monoisotopic (exact) mass is 322 g/mol. The average Bonchev–Trinajstić information content (AvgIpc) is 3.17. The Bertz CT molecular complexity index is 500. The molecule has 1 amide bonds. The van der Waals surface area contributed by atoms with Gasteiger partial charge in [0.2, 0.25) is 5.91 Å². The van der Waals surface area contributed by atoms with Crippen molar-refractivity contribution in [1.29, 1.82) is 0 Å². The summed E-state index contributed by atoms with van der Waals surface area (Å²) in [6.45, 7) is 3.59. The second-order valence-corrected chi connectivity index (χ2v) is 6.66. The number of rotatable bonds is 5. The van der Waals surface area contributed by atoms with Crippen LogP contribution in [0.5, 0.6) is 0 Å². The van der Waals surface area contributed by atoms with Gasteiger partial charge < -0.3 is 15.0 Å². The van der Waals surface area contributed by atoms with E-state index in [1.807, 2.05) is 12.1 Å². The van der Waals surface area contributed by atoms with Crippen molar-refractivity contribution < 1.29 is 9.53 Å². The summed E-state index contributed by atoms with van der Waals surface area (Å²) in [4.78, 5) is 14.3. The molecule has 2 atom stereocenters. The Labute approximate surface area is 136 Å². The highest BCUT2D eigenvalue weighted by molar-refractivity contribution is 6.30. The van der Waals surface area contributed by atoms with E-state index in [4.69, 9.17) is 16.3 Å². The quantitative estimate of drug-likeness (QED) is 0.906. The highest BCUT2D eigenvalue weighted by Gasteiger charge is 2.24. The van der Waals surface area contributed by atoms with Gasteiger partial charge in [0.1, 0.15) is 0 Å². The Kier molecular flexibility index (Phi) is 5.21. The van der Waals surface area contributed by atoms with Crippen molar-refractivity contribution >= 4 is 23.2 Å². The van der Waals surface area contributed by atoms with E-state index in [0.717, 1.165) is 50.5 Å². The minimum atomic E-state index is 0.122. The van der Waals surface area contributed by atoms with E-state index in [2.05, 4.69) is 22.3 Å². The van der Waals surface area contributed by atoms with E-state index < -0.39 is 0 Å². The van der Waals surface area contributed by atoms with Gasteiger partial charge >= 0.3 is 0 Å². The fraction of sp³-hybridized carbons (Fsp3) is 0.588. The number of hydrogen-bond donors (Lipinski definition) is 1. The minimum Gasteiger partial charge on any atom is -0.378 e. The van der Waals surface area contributed by atoms with Gasteiger partial charge in [-0.3, -0.25) is 4.79 Å². The number of hydrogen-bond acceptors (Lipinski definition) is 3. The first kappa shape index (κ1) is 15.6. The van der Waals surface area contributed by atoms with Gasteiger partial charge in [0.05, 0.1) is 12.5 Å². The number of carbonyl (C=O) groups excluding carboxylic acids is 1. The first-order valence-electron chi connectivity index (χ1n) is 8.09. The maximum absolute atomic E-state index is 11.9. The highest BCUT2D eigenvalue weighted by atomic mass is 35.5. The normalized spacial score (nSPS) is 24.7. The van der Waals surface area contributed by atoms with Crippen LogP contribution in [0.3, 0.4) is 0 Å². The number of anilines is 1. The van der Waals surface area contributed by atoms with Crippen LogP contribution in [0.2, 0.25) is 5.02 Å². The van der Waals surface area contributed by atoms with Gasteiger partial charge in [0, 0.05) is 37.0 Å². The number of nitrogens with zero attached hydrogens (tertiary/aromatic N) is 1. The van der Waals surface area contributed by atoms with Crippen LogP contribution >= 0.6 is 11.6 Å². The third kappa shape index (κ3) is 4.14. The first-order valence-corrected chi connectivity index (χ1v) is 8.47. The fourth-order valence-electron chi connectivity index (χ4n) is 3.23. The number of halogens is 1. The number of amides is 1. The summed E-state index contributed by atoms with van der Waals surface area (Å²) in [6.07, 6.45) is 3.85. The zero-order valence-corrected chi connectivity index (χ0v) is 13.5. The molecule has 22 heavy (non-hydrogen) atoms. The Morgan fingerprint density at radius 1 is 1.32 bits per heavy atom. The van der Waals surface area contributed by atoms with Crippen LogP contribution in [-0.4, -0.2) is 38.3 Å². The van der Waals surface area contributed by atoms with Crippen LogP contribution in [0.4, 0.5) is 5.69 Å². The highest BCUT2D eigenvalue weighted by Crippen LogP contribution is 2.25. The molecule has 1 aromatic rings. The van der Waals surface area contributed by atoms with Crippen molar-refractivity contribution in [2.75, 3.05) is 31.1 Å². The van der Waals surface area contributed by atoms with Crippen molar-refractivity contribution in [2.24, 2.45) is 5.92 Å². The zero-order valence-electron chi connectivity index (χ0n) is 12.8. The predicted octanol–water partition coefficient (Wildman–Crippen LogP) is 2.85. The molecule has 2 heterocycles. The van der Waals surface area contributed by atoms with E-state index in [1.54, 1.807) is 0 Å². The van der Waals surface area contributed by atoms with Crippen LogP contribution < -0.4 is 10.2 Å². The molecular weight excluding hydrogens is 300 g/mol. The maximum atomic E-state index is 11.9. The predicted molar refractivity (Wildman–Crippen MR) is 88.4 cm³/mol. The number of ether oxygens (including phenoxy) is 1. The second-order valence-electron chi connectivity index (χ2n) is 6.22. The minimum absolute atomic E-state index is 0.122. The second kappa shape index (κ2) is 7.34. The van der Waals surface area contributed by atoms with E-state index in [-0.39, 0.29) is 12.0 Å². The molecule has 0 spiro atoms. The Balaban J connectivity index is 1.41. The Morgan fingerprint density at radius 2 is 2.14 bits per heavy atom. The molecule has 2 aliphatic heterocycles. The molecule has 0 aliphatic carbocycles. The summed E-state index contributed by atoms with van der Waals surface area (Å²) >= 11 is 5.93. The van der Waals surface area contributed by atoms with Crippen molar-refractivity contribution in [3.8, 4) is 0 Å². The number of nitrogens with one attached hydrogen (secondary N) is 1. The molecule has 1 aromatic carbocycles. The van der Waals surface area contributed by atoms with E-state index >= 15 is 0 Å². The van der Waals surface area contributed by atoms with E-state index in [9.17, 15) is 4.79 Å². The molecule has 2 aliphatic rings. The standard InChI is InChI=1S/C17H23ClN2O2/c18-14-3-5-15(6-4-14)20-8-7-13(12-20)11-19-17(21)10-16-2-1-9-22-16/h3-6,13,16H,1-2,7-12H2,(H,19,21)/t13-,16+/m0/s1. The van der Waals surface area contributed by atoms with Crippen LogP contribution in [0, 0.1) is 5.92 Å². The molecule has 120 valence electrons. The largest absolute Gasteiger partial charge is 0.378 e. The van der Waals surface area contributed by atoms with Crippen LogP contribution in [0.15, 0.2) is 24.3 Å². The van der Waals surface area contributed by atoms with Gasteiger partial charge in [-0.05, 0) is 49.4 Å². The molecule has 0 aromatic heterocycles. The van der Waals surface area contributed by atoms with Crippen molar-refractivity contribution in [3.63, 3.8) is 0 Å². The summed E-state index contributed by atoms with van der Waals surface area (Å²) in [5.41, 5.74) is 1.21. The Morgan fingerprint density at radius 3 is 2.86 bits per heavy atom. The van der Waals surface area contributed by atoms with Gasteiger partial charge in [-0.2, -0.15) is 0 Å². The fourth-order valence-corrected chi connectivity index (χ4v) is 3.35. The lowest BCUT2D eigenvalue weighted by molar-refractivity contribution is -0.123. The lowest BCUT2D eigenvalue weighted by atomic mass is 10.1. The third-order valence-electron chi connectivity index (χ3n) is 4.50. The SMILES string of the molecule is O=C(C[C@H]1CCCO1)NC[C@@H]1CCN(c2ccc(Cl)cc2)C1. The Hall–Kier alpha value is -1.26. The van der Waals surface area contributed by atoms with Crippen LogP contribution in [0.25, 0.3) is 0 Å². The molecular formula is C17H23ClN2O2. The molecule has 0 unspecified atom stereocenters. The summed E-state index contributed by atoms with van der Waals surface area (Å²) in [7, 11) is 0. The van der Waals surface area contributed by atoms with Gasteiger partial charge in [-0.1, -0.05) is 11.6 Å². The topological polar surface area (TPSA) is 41.6 Å². The third-order valence-corrected chi connectivity index (χ3v) is 4.75. The molecule has 0 radical (unpaired) electrons. The maximum Gasteiger partial charge on any atom is 0.222 e.